The second-order valence-corrected chi connectivity index (χ2v) is 3.82. The van der Waals surface area contributed by atoms with Crippen molar-refractivity contribution in [2.75, 3.05) is 7.05 Å². The molecule has 0 aromatic heterocycles. The number of hydrogen-bond donors (Lipinski definition) is 0. The Balaban J connectivity index is 2.09. The Kier molecular flexibility index (Phi) is 3.32. The van der Waals surface area contributed by atoms with Crippen molar-refractivity contribution in [2.45, 2.75) is 6.54 Å². The molecule has 0 aliphatic heterocycles. The number of halogens is 1. The van der Waals surface area contributed by atoms with E-state index >= 15 is 0 Å². The molecule has 2 rings (SSSR count). The van der Waals surface area contributed by atoms with Crippen LogP contribution in [0.2, 0.25) is 0 Å². The average Bonchev–Trinajstić information content (AvgIpc) is 2.31. The predicted molar refractivity (Wildman–Crippen MR) is 64.3 cm³/mol. The molecule has 2 aromatic rings. The molecule has 0 fully saturated rings. The molecule has 0 amide bonds. The van der Waals surface area contributed by atoms with Crippen LogP contribution in [0.1, 0.15) is 5.56 Å². The molecule has 0 aliphatic carbocycles. The first kappa shape index (κ1) is 10.8. The van der Waals surface area contributed by atoms with E-state index in [0.29, 0.717) is 0 Å². The zero-order valence-electron chi connectivity index (χ0n) is 9.23. The molecule has 81 valence electrons. The van der Waals surface area contributed by atoms with Crippen molar-refractivity contribution in [1.82, 2.24) is 4.90 Å². The minimum absolute atomic E-state index is 0.197. The second-order valence-electron chi connectivity index (χ2n) is 3.82. The van der Waals surface area contributed by atoms with E-state index in [2.05, 4.69) is 17.0 Å². The van der Waals surface area contributed by atoms with Gasteiger partial charge < -0.3 is 0 Å². The zero-order valence-corrected chi connectivity index (χ0v) is 9.23. The molecule has 16 heavy (non-hydrogen) atoms. The monoisotopic (exact) mass is 215 g/mol. The van der Waals surface area contributed by atoms with Crippen LogP contribution in [0.5, 0.6) is 0 Å². The van der Waals surface area contributed by atoms with E-state index in [-0.39, 0.29) is 5.82 Å². The molecule has 2 heteroatoms. The van der Waals surface area contributed by atoms with Crippen molar-refractivity contribution in [1.29, 1.82) is 0 Å². The number of rotatable bonds is 3. The fourth-order valence-electron chi connectivity index (χ4n) is 1.64. The lowest BCUT2D eigenvalue weighted by molar-refractivity contribution is 0.610. The van der Waals surface area contributed by atoms with E-state index in [9.17, 15) is 4.39 Å². The SMILES string of the molecule is C[N+](Cc1ccccc1)c1ccc(F)cc1. The van der Waals surface area contributed by atoms with Crippen LogP contribution in [-0.4, -0.2) is 7.05 Å². The van der Waals surface area contributed by atoms with Gasteiger partial charge >= 0.3 is 0 Å². The molecule has 0 spiro atoms. The fourth-order valence-corrected chi connectivity index (χ4v) is 1.64. The normalized spacial score (nSPS) is 10.7. The molecule has 0 N–H and O–H groups in total. The molecule has 0 bridgehead atoms. The standard InChI is InChI=1S/C14H14FN/c1-16(11-12-5-3-2-4-6-12)14-9-7-13(15)8-10-14/h2-10H,11H2,1H3/q+1. The van der Waals surface area contributed by atoms with Gasteiger partial charge in [0, 0.05) is 17.7 Å². The van der Waals surface area contributed by atoms with Gasteiger partial charge in [-0.15, -0.1) is 4.90 Å². The molecular formula is C14H14FN+. The summed E-state index contributed by atoms with van der Waals surface area (Å²) in [6, 6.07) is 16.8. The Labute approximate surface area is 95.1 Å². The number of nitrogens with zero attached hydrogens (tertiary/aromatic N) is 1. The van der Waals surface area contributed by atoms with Crippen LogP contribution in [-0.2, 0) is 6.54 Å². The highest BCUT2D eigenvalue weighted by Gasteiger charge is 2.12. The minimum Gasteiger partial charge on any atom is -0.207 e. The summed E-state index contributed by atoms with van der Waals surface area (Å²) in [5.74, 6) is -0.197. The lowest BCUT2D eigenvalue weighted by atomic mass is 10.2. The van der Waals surface area contributed by atoms with E-state index in [1.807, 2.05) is 25.2 Å². The van der Waals surface area contributed by atoms with Crippen molar-refractivity contribution in [3.63, 3.8) is 0 Å². The summed E-state index contributed by atoms with van der Waals surface area (Å²) in [5.41, 5.74) is 2.26. The van der Waals surface area contributed by atoms with Gasteiger partial charge in [-0.25, -0.2) is 4.39 Å². The molecule has 0 aliphatic rings. The maximum absolute atomic E-state index is 12.8. The summed E-state index contributed by atoms with van der Waals surface area (Å²) in [5, 5.41) is 0. The fraction of sp³-hybridized carbons (Fsp3) is 0.143. The molecule has 0 saturated carbocycles. The van der Waals surface area contributed by atoms with Crippen molar-refractivity contribution < 1.29 is 4.39 Å². The topological polar surface area (TPSA) is 5.90 Å². The lowest BCUT2D eigenvalue weighted by Crippen LogP contribution is -2.17. The van der Waals surface area contributed by atoms with Crippen molar-refractivity contribution in [2.24, 2.45) is 0 Å². The highest BCUT2D eigenvalue weighted by Crippen LogP contribution is 2.15. The molecule has 1 nitrogen and oxygen atoms in total. The van der Waals surface area contributed by atoms with Crippen molar-refractivity contribution in [3.8, 4) is 0 Å². The maximum Gasteiger partial charge on any atom is 0.181 e. The Morgan fingerprint density at radius 2 is 1.56 bits per heavy atom. The van der Waals surface area contributed by atoms with E-state index in [1.54, 1.807) is 12.1 Å². The lowest BCUT2D eigenvalue weighted by Gasteiger charge is -2.06. The Morgan fingerprint density at radius 1 is 0.938 bits per heavy atom. The van der Waals surface area contributed by atoms with Crippen molar-refractivity contribution >= 4 is 5.69 Å². The summed E-state index contributed by atoms with van der Waals surface area (Å²) in [4.78, 5) is 2.09. The van der Waals surface area contributed by atoms with Crippen LogP contribution in [0, 0.1) is 5.82 Å². The van der Waals surface area contributed by atoms with E-state index < -0.39 is 0 Å². The van der Waals surface area contributed by atoms with Crippen LogP contribution in [0.25, 0.3) is 0 Å². The molecule has 1 radical (unpaired) electrons. The Hall–Kier alpha value is -1.67. The number of benzene rings is 2. The minimum atomic E-state index is -0.197. The Bertz CT molecular complexity index is 436. The van der Waals surface area contributed by atoms with Crippen LogP contribution >= 0.6 is 0 Å². The zero-order chi connectivity index (χ0) is 11.4. The van der Waals surface area contributed by atoms with Gasteiger partial charge in [0.1, 0.15) is 12.9 Å². The highest BCUT2D eigenvalue weighted by atomic mass is 19.1. The third-order valence-corrected chi connectivity index (χ3v) is 2.53. The average molecular weight is 215 g/mol. The van der Waals surface area contributed by atoms with Gasteiger partial charge in [-0.05, 0) is 12.1 Å². The summed E-state index contributed by atoms with van der Waals surface area (Å²) < 4.78 is 12.8. The van der Waals surface area contributed by atoms with Gasteiger partial charge in [0.2, 0.25) is 0 Å². The van der Waals surface area contributed by atoms with Crippen LogP contribution in [0.15, 0.2) is 54.6 Å². The molecule has 0 saturated heterocycles. The molecule has 2 aromatic carbocycles. The third-order valence-electron chi connectivity index (χ3n) is 2.53. The predicted octanol–water partition coefficient (Wildman–Crippen LogP) is 3.43. The first-order valence-electron chi connectivity index (χ1n) is 5.26. The number of anilines is 1. The summed E-state index contributed by atoms with van der Waals surface area (Å²) in [6.07, 6.45) is 0. The van der Waals surface area contributed by atoms with E-state index in [1.165, 1.54) is 17.7 Å². The third kappa shape index (κ3) is 2.67. The van der Waals surface area contributed by atoms with E-state index in [0.717, 1.165) is 12.2 Å². The highest BCUT2D eigenvalue weighted by molar-refractivity contribution is 5.38. The van der Waals surface area contributed by atoms with Gasteiger partial charge in [0.25, 0.3) is 0 Å². The van der Waals surface area contributed by atoms with Crippen LogP contribution in [0.4, 0.5) is 10.1 Å². The van der Waals surface area contributed by atoms with Gasteiger partial charge in [-0.1, -0.05) is 30.3 Å². The maximum atomic E-state index is 12.8. The van der Waals surface area contributed by atoms with Gasteiger partial charge in [-0.2, -0.15) is 0 Å². The van der Waals surface area contributed by atoms with Gasteiger partial charge in [0.05, 0.1) is 0 Å². The largest absolute Gasteiger partial charge is 0.207 e. The van der Waals surface area contributed by atoms with Crippen molar-refractivity contribution in [3.05, 3.63) is 66.0 Å². The molecular weight excluding hydrogens is 201 g/mol. The van der Waals surface area contributed by atoms with Crippen LogP contribution in [0.3, 0.4) is 0 Å². The summed E-state index contributed by atoms with van der Waals surface area (Å²) in [6.45, 7) is 0.826. The molecule has 0 unspecified atom stereocenters. The summed E-state index contributed by atoms with van der Waals surface area (Å²) in [7, 11) is 2.00. The second kappa shape index (κ2) is 4.90. The first-order chi connectivity index (χ1) is 7.75. The molecule has 0 heterocycles. The van der Waals surface area contributed by atoms with E-state index in [4.69, 9.17) is 0 Å². The number of hydrogen-bond acceptors (Lipinski definition) is 1. The Morgan fingerprint density at radius 3 is 2.19 bits per heavy atom. The molecule has 0 atom stereocenters. The van der Waals surface area contributed by atoms with Gasteiger partial charge in [0.15, 0.2) is 12.2 Å². The van der Waals surface area contributed by atoms with Gasteiger partial charge in [-0.3, -0.25) is 0 Å². The quantitative estimate of drug-likeness (QED) is 0.692. The first-order valence-corrected chi connectivity index (χ1v) is 5.26. The summed E-state index contributed by atoms with van der Waals surface area (Å²) >= 11 is 0. The van der Waals surface area contributed by atoms with Crippen LogP contribution < -0.4 is 4.90 Å². The smallest absolute Gasteiger partial charge is 0.181 e.